The van der Waals surface area contributed by atoms with Crippen molar-refractivity contribution in [2.24, 2.45) is 7.05 Å². The van der Waals surface area contributed by atoms with E-state index < -0.39 is 0 Å². The summed E-state index contributed by atoms with van der Waals surface area (Å²) in [6.45, 7) is 1.83. The average Bonchev–Trinajstić information content (AvgIpc) is 3.31. The fraction of sp³-hybridized carbons (Fsp3) is 0.217. The number of aryl methyl sites for hydroxylation is 1. The van der Waals surface area contributed by atoms with Gasteiger partial charge in [-0.05, 0) is 35.9 Å². The third kappa shape index (κ3) is 3.43. The molecule has 0 radical (unpaired) electrons. The van der Waals surface area contributed by atoms with Crippen molar-refractivity contribution < 1.29 is 4.79 Å². The lowest BCUT2D eigenvalue weighted by atomic mass is 10.0. The van der Waals surface area contributed by atoms with Gasteiger partial charge in [-0.1, -0.05) is 24.3 Å². The topological polar surface area (TPSA) is 63.9 Å². The molecule has 0 atom stereocenters. The zero-order valence-corrected chi connectivity index (χ0v) is 16.5. The zero-order valence-electron chi connectivity index (χ0n) is 16.5. The summed E-state index contributed by atoms with van der Waals surface area (Å²) >= 11 is 0. The highest BCUT2D eigenvalue weighted by atomic mass is 16.1. The van der Waals surface area contributed by atoms with E-state index in [1.807, 2.05) is 49.8 Å². The van der Waals surface area contributed by atoms with Crippen LogP contribution >= 0.6 is 0 Å². The number of rotatable bonds is 4. The van der Waals surface area contributed by atoms with Gasteiger partial charge in [0.1, 0.15) is 5.82 Å². The lowest BCUT2D eigenvalue weighted by molar-refractivity contribution is 0.0991. The van der Waals surface area contributed by atoms with Gasteiger partial charge in [0.2, 0.25) is 0 Å². The number of hydrogen-bond donors (Lipinski definition) is 0. The van der Waals surface area contributed by atoms with Gasteiger partial charge in [0.05, 0.1) is 18.1 Å². The molecule has 29 heavy (non-hydrogen) atoms. The zero-order chi connectivity index (χ0) is 20.0. The third-order valence-electron chi connectivity index (χ3n) is 5.40. The van der Waals surface area contributed by atoms with Crippen LogP contribution in [0, 0.1) is 0 Å². The minimum atomic E-state index is 0.0464. The van der Waals surface area contributed by atoms with Gasteiger partial charge in [-0.15, -0.1) is 0 Å². The quantitative estimate of drug-likeness (QED) is 0.506. The molecule has 6 nitrogen and oxygen atoms in total. The van der Waals surface area contributed by atoms with E-state index in [2.05, 4.69) is 33.1 Å². The van der Waals surface area contributed by atoms with Gasteiger partial charge in [0, 0.05) is 49.0 Å². The highest BCUT2D eigenvalue weighted by molar-refractivity contribution is 5.97. The smallest absolute Gasteiger partial charge is 0.170 e. The lowest BCUT2D eigenvalue weighted by Gasteiger charge is -2.06. The van der Waals surface area contributed by atoms with E-state index in [4.69, 9.17) is 0 Å². The van der Waals surface area contributed by atoms with Gasteiger partial charge >= 0.3 is 0 Å². The second-order valence-corrected chi connectivity index (χ2v) is 7.72. The maximum absolute atomic E-state index is 12.8. The van der Waals surface area contributed by atoms with Crippen LogP contribution in [-0.2, 0) is 26.6 Å². The summed E-state index contributed by atoms with van der Waals surface area (Å²) in [6.07, 6.45) is 5.79. The number of carbonyl (C=O) groups excluding carboxylic acids is 1. The molecule has 0 aliphatic carbocycles. The largest absolute Gasteiger partial charge is 0.298 e. The van der Waals surface area contributed by atoms with Crippen LogP contribution < -0.4 is 0 Å². The average molecular weight is 383 g/mol. The predicted octanol–water partition coefficient (Wildman–Crippen LogP) is 3.40. The summed E-state index contributed by atoms with van der Waals surface area (Å²) in [5.41, 5.74) is 6.18. The molecule has 0 amide bonds. The number of carbonyl (C=O) groups is 1. The normalized spacial score (nSPS) is 13.7. The van der Waals surface area contributed by atoms with Gasteiger partial charge in [0.25, 0.3) is 0 Å². The number of Topliss-reactive ketones (excluding diaryl/α,β-unsaturated/α-hetero) is 1. The van der Waals surface area contributed by atoms with Crippen molar-refractivity contribution in [1.29, 1.82) is 0 Å². The maximum Gasteiger partial charge on any atom is 0.170 e. The van der Waals surface area contributed by atoms with E-state index in [0.717, 1.165) is 40.7 Å². The molecule has 0 spiro atoms. The first-order valence-electron chi connectivity index (χ1n) is 9.63. The Balaban J connectivity index is 1.41. The van der Waals surface area contributed by atoms with E-state index in [1.165, 1.54) is 11.1 Å². The molecular weight excluding hydrogens is 362 g/mol. The predicted molar refractivity (Wildman–Crippen MR) is 111 cm³/mol. The summed E-state index contributed by atoms with van der Waals surface area (Å²) in [6, 6.07) is 12.1. The van der Waals surface area contributed by atoms with Gasteiger partial charge < -0.3 is 0 Å². The van der Waals surface area contributed by atoms with Crippen molar-refractivity contribution >= 4 is 16.7 Å². The number of hydrogen-bond acceptors (Lipinski definition) is 5. The molecule has 2 aromatic heterocycles. The van der Waals surface area contributed by atoms with E-state index in [1.54, 1.807) is 10.9 Å². The van der Waals surface area contributed by atoms with Crippen molar-refractivity contribution in [3.63, 3.8) is 0 Å². The third-order valence-corrected chi connectivity index (χ3v) is 5.40. The number of fused-ring (bicyclic) bond motifs is 2. The summed E-state index contributed by atoms with van der Waals surface area (Å²) in [4.78, 5) is 24.1. The SMILES string of the molecule is CN1Cc2ccc(C(=O)Cc3ncc4ccc(-c5cnn(C)c5)cc4n3)cc2C1. The molecule has 144 valence electrons. The first-order chi connectivity index (χ1) is 14.0. The van der Waals surface area contributed by atoms with Crippen molar-refractivity contribution in [3.05, 3.63) is 77.5 Å². The van der Waals surface area contributed by atoms with Crippen LogP contribution in [0.4, 0.5) is 0 Å². The van der Waals surface area contributed by atoms with Crippen LogP contribution in [0.5, 0.6) is 0 Å². The number of aromatic nitrogens is 4. The van der Waals surface area contributed by atoms with Gasteiger partial charge in [0.15, 0.2) is 5.78 Å². The number of ketones is 1. The van der Waals surface area contributed by atoms with Crippen molar-refractivity contribution in [2.45, 2.75) is 19.5 Å². The van der Waals surface area contributed by atoms with Crippen LogP contribution in [0.1, 0.15) is 27.3 Å². The monoisotopic (exact) mass is 383 g/mol. The highest BCUT2D eigenvalue weighted by Crippen LogP contribution is 2.24. The van der Waals surface area contributed by atoms with E-state index in [9.17, 15) is 4.79 Å². The Hall–Kier alpha value is -3.38. The first kappa shape index (κ1) is 17.7. The van der Waals surface area contributed by atoms with Crippen molar-refractivity contribution in [3.8, 4) is 11.1 Å². The molecular formula is C23H21N5O. The minimum Gasteiger partial charge on any atom is -0.298 e. The van der Waals surface area contributed by atoms with Crippen LogP contribution in [0.15, 0.2) is 55.0 Å². The second kappa shape index (κ2) is 6.90. The van der Waals surface area contributed by atoms with Crippen LogP contribution in [0.2, 0.25) is 0 Å². The Kier molecular flexibility index (Phi) is 4.21. The second-order valence-electron chi connectivity index (χ2n) is 7.72. The van der Waals surface area contributed by atoms with Crippen molar-refractivity contribution in [1.82, 2.24) is 24.6 Å². The fourth-order valence-corrected chi connectivity index (χ4v) is 3.88. The Morgan fingerprint density at radius 3 is 2.69 bits per heavy atom. The highest BCUT2D eigenvalue weighted by Gasteiger charge is 2.18. The Morgan fingerprint density at radius 1 is 1.00 bits per heavy atom. The number of benzene rings is 2. The molecule has 0 bridgehead atoms. The Labute approximate surface area is 168 Å². The Morgan fingerprint density at radius 2 is 1.86 bits per heavy atom. The standard InChI is InChI=1S/C23H21N5O/c1-27-12-18-6-4-16(7-19(18)13-27)22(29)9-23-24-10-17-5-3-15(8-21(17)26-23)20-11-25-28(2)14-20/h3-8,10-11,14H,9,12-13H2,1-2H3. The molecule has 0 fully saturated rings. The van der Waals surface area contributed by atoms with Gasteiger partial charge in [-0.2, -0.15) is 5.10 Å². The van der Waals surface area contributed by atoms with Crippen LogP contribution in [0.3, 0.4) is 0 Å². The minimum absolute atomic E-state index is 0.0464. The molecule has 3 heterocycles. The first-order valence-corrected chi connectivity index (χ1v) is 9.63. The molecule has 5 rings (SSSR count). The molecule has 1 aliphatic rings. The van der Waals surface area contributed by atoms with Gasteiger partial charge in [-0.3, -0.25) is 14.4 Å². The molecule has 0 unspecified atom stereocenters. The Bertz CT molecular complexity index is 1240. The molecule has 1 aliphatic heterocycles. The summed E-state index contributed by atoms with van der Waals surface area (Å²) in [5, 5.41) is 5.18. The van der Waals surface area contributed by atoms with Crippen LogP contribution in [-0.4, -0.2) is 37.5 Å². The van der Waals surface area contributed by atoms with E-state index >= 15 is 0 Å². The summed E-state index contributed by atoms with van der Waals surface area (Å²) < 4.78 is 1.78. The van der Waals surface area contributed by atoms with Gasteiger partial charge in [-0.25, -0.2) is 9.97 Å². The fourth-order valence-electron chi connectivity index (χ4n) is 3.88. The molecule has 0 saturated heterocycles. The van der Waals surface area contributed by atoms with E-state index in [0.29, 0.717) is 5.82 Å². The van der Waals surface area contributed by atoms with Crippen LogP contribution in [0.25, 0.3) is 22.0 Å². The van der Waals surface area contributed by atoms with Crippen molar-refractivity contribution in [2.75, 3.05) is 7.05 Å². The summed E-state index contributed by atoms with van der Waals surface area (Å²) in [7, 11) is 3.98. The lowest BCUT2D eigenvalue weighted by Crippen LogP contribution is -2.08. The summed E-state index contributed by atoms with van der Waals surface area (Å²) in [5.74, 6) is 0.591. The molecule has 6 heteroatoms. The molecule has 0 saturated carbocycles. The number of nitrogens with zero attached hydrogens (tertiary/aromatic N) is 5. The maximum atomic E-state index is 12.8. The molecule has 2 aromatic carbocycles. The molecule has 0 N–H and O–H groups in total. The molecule has 4 aromatic rings. The van der Waals surface area contributed by atoms with E-state index in [-0.39, 0.29) is 12.2 Å².